The number of ether oxygens (including phenoxy) is 1. The van der Waals surface area contributed by atoms with Crippen molar-refractivity contribution in [3.8, 4) is 11.3 Å². The predicted octanol–water partition coefficient (Wildman–Crippen LogP) is 2.49. The fraction of sp³-hybridized carbons (Fsp3) is 0.118. The van der Waals surface area contributed by atoms with E-state index < -0.39 is 5.97 Å². The van der Waals surface area contributed by atoms with Crippen molar-refractivity contribution in [1.82, 2.24) is 10.2 Å². The zero-order valence-corrected chi connectivity index (χ0v) is 12.9. The van der Waals surface area contributed by atoms with Crippen molar-refractivity contribution in [2.75, 3.05) is 18.6 Å². The third-order valence-electron chi connectivity index (χ3n) is 3.46. The Bertz CT molecular complexity index is 825. The number of nitrogens with zero attached hydrogens (tertiary/aromatic N) is 2. The van der Waals surface area contributed by atoms with Crippen LogP contribution in [-0.4, -0.2) is 35.7 Å². The first-order chi connectivity index (χ1) is 11.6. The van der Waals surface area contributed by atoms with Crippen molar-refractivity contribution < 1.29 is 18.7 Å². The molecule has 0 aliphatic carbocycles. The third kappa shape index (κ3) is 3.35. The van der Waals surface area contributed by atoms with Crippen LogP contribution in [0.1, 0.15) is 10.5 Å². The lowest BCUT2D eigenvalue weighted by atomic mass is 10.2. The van der Waals surface area contributed by atoms with E-state index in [1.165, 1.54) is 17.4 Å². The summed E-state index contributed by atoms with van der Waals surface area (Å²) >= 11 is 0. The molecule has 0 aliphatic heterocycles. The average Bonchev–Trinajstić information content (AvgIpc) is 3.30. The largest absolute Gasteiger partial charge is 0.472 e. The van der Waals surface area contributed by atoms with Gasteiger partial charge < -0.3 is 14.1 Å². The minimum absolute atomic E-state index is 0.168. The zero-order chi connectivity index (χ0) is 16.9. The summed E-state index contributed by atoms with van der Waals surface area (Å²) in [5.41, 5.74) is 2.19. The Morgan fingerprint density at radius 1 is 1.25 bits per heavy atom. The van der Waals surface area contributed by atoms with E-state index >= 15 is 0 Å². The first-order valence-corrected chi connectivity index (χ1v) is 7.22. The molecule has 0 fully saturated rings. The molecule has 2 heterocycles. The SMILES string of the molecule is CN(C(=O)COC(=O)c1cc(-c2ccoc2)n[nH]1)c1ccccc1. The molecule has 0 atom stereocenters. The molecule has 2 aromatic heterocycles. The summed E-state index contributed by atoms with van der Waals surface area (Å²) in [5, 5.41) is 6.60. The van der Waals surface area contributed by atoms with E-state index in [0.29, 0.717) is 5.69 Å². The van der Waals surface area contributed by atoms with Crippen LogP contribution in [0, 0.1) is 0 Å². The van der Waals surface area contributed by atoms with E-state index in [2.05, 4.69) is 10.2 Å². The fourth-order valence-corrected chi connectivity index (χ4v) is 2.08. The van der Waals surface area contributed by atoms with Crippen LogP contribution >= 0.6 is 0 Å². The monoisotopic (exact) mass is 325 g/mol. The van der Waals surface area contributed by atoms with Crippen molar-refractivity contribution in [3.63, 3.8) is 0 Å². The number of H-pyrrole nitrogens is 1. The molecule has 0 bridgehead atoms. The number of aromatic nitrogens is 2. The number of esters is 1. The molecule has 0 spiro atoms. The van der Waals surface area contributed by atoms with Gasteiger partial charge in [-0.05, 0) is 24.3 Å². The molecule has 0 unspecified atom stereocenters. The van der Waals surface area contributed by atoms with Gasteiger partial charge in [-0.2, -0.15) is 5.10 Å². The van der Waals surface area contributed by atoms with Gasteiger partial charge in [-0.25, -0.2) is 4.79 Å². The van der Waals surface area contributed by atoms with Crippen LogP contribution in [0.2, 0.25) is 0 Å². The summed E-state index contributed by atoms with van der Waals surface area (Å²) < 4.78 is 10.0. The minimum Gasteiger partial charge on any atom is -0.472 e. The first kappa shape index (κ1) is 15.5. The first-order valence-electron chi connectivity index (χ1n) is 7.22. The molecule has 1 aromatic carbocycles. The number of furan rings is 1. The van der Waals surface area contributed by atoms with Crippen molar-refractivity contribution in [2.45, 2.75) is 0 Å². The topological polar surface area (TPSA) is 88.4 Å². The van der Waals surface area contributed by atoms with E-state index in [9.17, 15) is 9.59 Å². The van der Waals surface area contributed by atoms with Gasteiger partial charge in [0, 0.05) is 18.3 Å². The van der Waals surface area contributed by atoms with Gasteiger partial charge in [-0.3, -0.25) is 9.89 Å². The maximum Gasteiger partial charge on any atom is 0.356 e. The highest BCUT2D eigenvalue weighted by atomic mass is 16.5. The molecular formula is C17H15N3O4. The second-order valence-electron chi connectivity index (χ2n) is 5.04. The molecule has 0 saturated heterocycles. The maximum absolute atomic E-state index is 12.1. The fourth-order valence-electron chi connectivity index (χ4n) is 2.08. The number of nitrogens with one attached hydrogen (secondary N) is 1. The predicted molar refractivity (Wildman–Crippen MR) is 86.4 cm³/mol. The van der Waals surface area contributed by atoms with Crippen LogP contribution in [0.3, 0.4) is 0 Å². The van der Waals surface area contributed by atoms with Crippen LogP contribution in [0.25, 0.3) is 11.3 Å². The Balaban J connectivity index is 1.58. The van der Waals surface area contributed by atoms with Gasteiger partial charge in [0.1, 0.15) is 5.69 Å². The molecule has 7 heteroatoms. The van der Waals surface area contributed by atoms with E-state index in [0.717, 1.165) is 11.3 Å². The molecular weight excluding hydrogens is 310 g/mol. The van der Waals surface area contributed by atoms with E-state index in [4.69, 9.17) is 9.15 Å². The van der Waals surface area contributed by atoms with E-state index in [-0.39, 0.29) is 18.2 Å². The summed E-state index contributed by atoms with van der Waals surface area (Å²) in [5.74, 6) is -0.976. The molecule has 122 valence electrons. The van der Waals surface area contributed by atoms with Crippen LogP contribution < -0.4 is 4.90 Å². The number of para-hydroxylation sites is 1. The zero-order valence-electron chi connectivity index (χ0n) is 12.9. The lowest BCUT2D eigenvalue weighted by Crippen LogP contribution is -2.31. The van der Waals surface area contributed by atoms with Crippen molar-refractivity contribution in [2.24, 2.45) is 0 Å². The highest BCUT2D eigenvalue weighted by Gasteiger charge is 2.17. The number of benzene rings is 1. The highest BCUT2D eigenvalue weighted by Crippen LogP contribution is 2.18. The van der Waals surface area contributed by atoms with E-state index in [1.807, 2.05) is 18.2 Å². The van der Waals surface area contributed by atoms with Gasteiger partial charge in [-0.1, -0.05) is 18.2 Å². The molecule has 3 aromatic rings. The van der Waals surface area contributed by atoms with E-state index in [1.54, 1.807) is 31.3 Å². The van der Waals surface area contributed by atoms with Crippen molar-refractivity contribution in [3.05, 3.63) is 60.7 Å². The number of carbonyl (C=O) groups is 2. The van der Waals surface area contributed by atoms with Crippen molar-refractivity contribution in [1.29, 1.82) is 0 Å². The van der Waals surface area contributed by atoms with Crippen LogP contribution in [0.15, 0.2) is 59.4 Å². The number of likely N-dealkylation sites (N-methyl/N-ethyl adjacent to an activating group) is 1. The van der Waals surface area contributed by atoms with Gasteiger partial charge in [0.15, 0.2) is 6.61 Å². The number of hydrogen-bond acceptors (Lipinski definition) is 5. The molecule has 1 N–H and O–H groups in total. The molecule has 0 aliphatic rings. The average molecular weight is 325 g/mol. The van der Waals surface area contributed by atoms with Crippen LogP contribution in [0.5, 0.6) is 0 Å². The van der Waals surface area contributed by atoms with Crippen molar-refractivity contribution >= 4 is 17.6 Å². The van der Waals surface area contributed by atoms with Gasteiger partial charge in [0.2, 0.25) is 0 Å². The number of anilines is 1. The maximum atomic E-state index is 12.1. The Morgan fingerprint density at radius 2 is 2.04 bits per heavy atom. The number of amides is 1. The molecule has 1 amide bonds. The normalized spacial score (nSPS) is 10.4. The number of aromatic amines is 1. The summed E-state index contributed by atoms with van der Waals surface area (Å²) in [4.78, 5) is 25.5. The number of carbonyl (C=O) groups excluding carboxylic acids is 2. The van der Waals surface area contributed by atoms with Gasteiger partial charge in [0.05, 0.1) is 18.2 Å². The summed E-state index contributed by atoms with van der Waals surface area (Å²) in [6.45, 7) is -0.357. The van der Waals surface area contributed by atoms with Gasteiger partial charge in [0.25, 0.3) is 5.91 Å². The lowest BCUT2D eigenvalue weighted by molar-refractivity contribution is -0.121. The molecule has 0 radical (unpaired) electrons. The standard InChI is InChI=1S/C17H15N3O4/c1-20(13-5-3-2-4-6-13)16(21)11-24-17(22)15-9-14(18-19-15)12-7-8-23-10-12/h2-10H,11H2,1H3,(H,18,19). The molecule has 24 heavy (non-hydrogen) atoms. The Labute approximate surface area is 137 Å². The lowest BCUT2D eigenvalue weighted by Gasteiger charge is -2.16. The van der Waals surface area contributed by atoms with Crippen LogP contribution in [-0.2, 0) is 9.53 Å². The quantitative estimate of drug-likeness (QED) is 0.728. The van der Waals surface area contributed by atoms with Gasteiger partial charge in [-0.15, -0.1) is 0 Å². The number of hydrogen-bond donors (Lipinski definition) is 1. The second kappa shape index (κ2) is 6.82. The highest BCUT2D eigenvalue weighted by molar-refractivity contribution is 5.96. The van der Waals surface area contributed by atoms with Gasteiger partial charge >= 0.3 is 5.97 Å². The molecule has 7 nitrogen and oxygen atoms in total. The smallest absolute Gasteiger partial charge is 0.356 e. The molecule has 0 saturated carbocycles. The Kier molecular flexibility index (Phi) is 4.42. The minimum atomic E-state index is -0.646. The second-order valence-corrected chi connectivity index (χ2v) is 5.04. The summed E-state index contributed by atoms with van der Waals surface area (Å²) in [6.07, 6.45) is 3.03. The Hall–Kier alpha value is -3.35. The van der Waals surface area contributed by atoms with Crippen LogP contribution in [0.4, 0.5) is 5.69 Å². The molecule has 3 rings (SSSR count). The summed E-state index contributed by atoms with van der Waals surface area (Å²) in [6, 6.07) is 12.4. The Morgan fingerprint density at radius 3 is 2.75 bits per heavy atom. The summed E-state index contributed by atoms with van der Waals surface area (Å²) in [7, 11) is 1.62. The number of rotatable bonds is 5. The third-order valence-corrected chi connectivity index (χ3v) is 3.46.